The molecular formula is C16H26N3O4S+. The first-order chi connectivity index (χ1) is 11.3. The molecule has 1 aromatic rings. The highest BCUT2D eigenvalue weighted by Gasteiger charge is 2.29. The minimum Gasteiger partial charge on any atom is -0.495 e. The number of nitrogens with zero attached hydrogens (tertiary/aromatic N) is 2. The average Bonchev–Trinajstić information content (AvgIpc) is 2.55. The average molecular weight is 356 g/mol. The molecule has 7 nitrogen and oxygen atoms in total. The zero-order valence-electron chi connectivity index (χ0n) is 14.7. The van der Waals surface area contributed by atoms with Crippen molar-refractivity contribution in [1.29, 1.82) is 0 Å². The molecule has 0 spiro atoms. The second-order valence-corrected chi connectivity index (χ2v) is 8.27. The normalized spacial score (nSPS) is 16.5. The van der Waals surface area contributed by atoms with E-state index in [-0.39, 0.29) is 23.1 Å². The quantitative estimate of drug-likeness (QED) is 0.733. The largest absolute Gasteiger partial charge is 0.495 e. The van der Waals surface area contributed by atoms with E-state index in [1.54, 1.807) is 23.1 Å². The third kappa shape index (κ3) is 4.06. The van der Waals surface area contributed by atoms with Crippen molar-refractivity contribution in [3.05, 3.63) is 23.8 Å². The molecule has 0 saturated carbocycles. The second kappa shape index (κ2) is 7.50. The number of carbonyl (C=O) groups is 1. The standard InChI is InChI=1S/C16H25N3O4S/c1-13-5-6-14(23-4)15(11-13)24(21,22)18(3)12-16(20)19-9-7-17(2)8-10-19/h5-6,11H,7-10,12H2,1-4H3/p+1. The SMILES string of the molecule is COc1ccc(C)cc1S(=O)(=O)N(C)CC(=O)N1CC[NH+](C)CC1. The van der Waals surface area contributed by atoms with Gasteiger partial charge in [-0.05, 0) is 24.6 Å². The Kier molecular flexibility index (Phi) is 5.84. The van der Waals surface area contributed by atoms with E-state index in [1.165, 1.54) is 19.1 Å². The Morgan fingerprint density at radius 1 is 1.33 bits per heavy atom. The van der Waals surface area contributed by atoms with E-state index < -0.39 is 10.0 Å². The summed E-state index contributed by atoms with van der Waals surface area (Å²) >= 11 is 0. The van der Waals surface area contributed by atoms with Crippen molar-refractivity contribution < 1.29 is 22.8 Å². The van der Waals surface area contributed by atoms with Gasteiger partial charge in [0.25, 0.3) is 0 Å². The minimum atomic E-state index is -3.79. The molecule has 1 aliphatic rings. The molecule has 134 valence electrons. The lowest BCUT2D eigenvalue weighted by Gasteiger charge is -2.31. The third-order valence-electron chi connectivity index (χ3n) is 4.33. The number of aryl methyl sites for hydroxylation is 1. The van der Waals surface area contributed by atoms with Crippen molar-refractivity contribution in [2.75, 3.05) is 53.9 Å². The van der Waals surface area contributed by atoms with Gasteiger partial charge in [-0.15, -0.1) is 0 Å². The highest BCUT2D eigenvalue weighted by Crippen LogP contribution is 2.27. The van der Waals surface area contributed by atoms with Gasteiger partial charge in [-0.3, -0.25) is 4.79 Å². The maximum atomic E-state index is 12.8. The molecule has 1 fully saturated rings. The smallest absolute Gasteiger partial charge is 0.246 e. The van der Waals surface area contributed by atoms with E-state index in [9.17, 15) is 13.2 Å². The Bertz CT molecular complexity index is 697. The molecule has 2 rings (SSSR count). The fourth-order valence-corrected chi connectivity index (χ4v) is 4.02. The Morgan fingerprint density at radius 3 is 2.54 bits per heavy atom. The van der Waals surface area contributed by atoms with Gasteiger partial charge in [0.1, 0.15) is 10.6 Å². The van der Waals surface area contributed by atoms with Crippen LogP contribution in [0, 0.1) is 6.92 Å². The predicted octanol–water partition coefficient (Wildman–Crippen LogP) is -1.02. The maximum absolute atomic E-state index is 12.8. The number of piperazine rings is 1. The lowest BCUT2D eigenvalue weighted by molar-refractivity contribution is -0.883. The molecular weight excluding hydrogens is 330 g/mol. The Hall–Kier alpha value is -1.64. The van der Waals surface area contributed by atoms with Gasteiger partial charge in [-0.25, -0.2) is 8.42 Å². The Morgan fingerprint density at radius 2 is 1.96 bits per heavy atom. The number of quaternary nitrogens is 1. The van der Waals surface area contributed by atoms with Crippen LogP contribution in [0.25, 0.3) is 0 Å². The van der Waals surface area contributed by atoms with Crippen molar-refractivity contribution in [2.24, 2.45) is 0 Å². The summed E-state index contributed by atoms with van der Waals surface area (Å²) in [6, 6.07) is 4.98. The number of methoxy groups -OCH3 is 1. The van der Waals surface area contributed by atoms with Crippen molar-refractivity contribution >= 4 is 15.9 Å². The van der Waals surface area contributed by atoms with E-state index >= 15 is 0 Å². The number of rotatable bonds is 5. The molecule has 0 aromatic heterocycles. The van der Waals surface area contributed by atoms with Gasteiger partial charge in [0.2, 0.25) is 15.9 Å². The highest BCUT2D eigenvalue weighted by atomic mass is 32.2. The van der Waals surface area contributed by atoms with E-state index in [0.29, 0.717) is 13.1 Å². The van der Waals surface area contributed by atoms with Gasteiger partial charge >= 0.3 is 0 Å². The van der Waals surface area contributed by atoms with Crippen molar-refractivity contribution in [3.63, 3.8) is 0 Å². The van der Waals surface area contributed by atoms with Gasteiger partial charge in [0.15, 0.2) is 0 Å². The van der Waals surface area contributed by atoms with E-state index in [4.69, 9.17) is 4.74 Å². The van der Waals surface area contributed by atoms with Crippen LogP contribution >= 0.6 is 0 Å². The lowest BCUT2D eigenvalue weighted by Crippen LogP contribution is -3.12. The number of ether oxygens (including phenoxy) is 1. The van der Waals surface area contributed by atoms with Gasteiger partial charge in [-0.2, -0.15) is 4.31 Å². The molecule has 0 atom stereocenters. The van der Waals surface area contributed by atoms with Crippen LogP contribution in [-0.4, -0.2) is 77.5 Å². The second-order valence-electron chi connectivity index (χ2n) is 6.25. The molecule has 1 saturated heterocycles. The third-order valence-corrected chi connectivity index (χ3v) is 6.16. The summed E-state index contributed by atoms with van der Waals surface area (Å²) in [6.45, 7) is 4.73. The predicted molar refractivity (Wildman–Crippen MR) is 90.7 cm³/mol. The molecule has 0 unspecified atom stereocenters. The Balaban J connectivity index is 2.15. The van der Waals surface area contributed by atoms with Crippen molar-refractivity contribution in [2.45, 2.75) is 11.8 Å². The first-order valence-electron chi connectivity index (χ1n) is 7.95. The number of sulfonamides is 1. The van der Waals surface area contributed by atoms with E-state index in [1.807, 2.05) is 6.92 Å². The Labute approximate surface area is 143 Å². The van der Waals surface area contributed by atoms with Crippen LogP contribution in [0.5, 0.6) is 5.75 Å². The molecule has 1 N–H and O–H groups in total. The lowest BCUT2D eigenvalue weighted by atomic mass is 10.2. The summed E-state index contributed by atoms with van der Waals surface area (Å²) < 4.78 is 31.9. The first kappa shape index (κ1) is 18.7. The molecule has 0 bridgehead atoms. The zero-order chi connectivity index (χ0) is 17.9. The summed E-state index contributed by atoms with van der Waals surface area (Å²) in [5.41, 5.74) is 0.816. The molecule has 0 aliphatic carbocycles. The number of nitrogens with one attached hydrogen (secondary N) is 1. The van der Waals surface area contributed by atoms with Gasteiger partial charge in [-0.1, -0.05) is 6.07 Å². The van der Waals surface area contributed by atoms with E-state index in [2.05, 4.69) is 7.05 Å². The van der Waals surface area contributed by atoms with Crippen molar-refractivity contribution in [3.8, 4) is 5.75 Å². The molecule has 1 heterocycles. The number of amides is 1. The van der Waals surface area contributed by atoms with Crippen LogP contribution in [0.2, 0.25) is 0 Å². The van der Waals surface area contributed by atoms with Crippen LogP contribution in [0.15, 0.2) is 23.1 Å². The minimum absolute atomic E-state index is 0.0862. The zero-order valence-corrected chi connectivity index (χ0v) is 15.5. The number of likely N-dealkylation sites (N-methyl/N-ethyl adjacent to an activating group) is 2. The molecule has 24 heavy (non-hydrogen) atoms. The molecule has 1 aromatic carbocycles. The number of benzene rings is 1. The fraction of sp³-hybridized carbons (Fsp3) is 0.562. The molecule has 1 amide bonds. The van der Waals surface area contributed by atoms with Crippen molar-refractivity contribution in [1.82, 2.24) is 9.21 Å². The monoisotopic (exact) mass is 356 g/mol. The van der Waals surface area contributed by atoms with Crippen LogP contribution in [0.1, 0.15) is 5.56 Å². The summed E-state index contributed by atoms with van der Waals surface area (Å²) in [4.78, 5) is 15.6. The highest BCUT2D eigenvalue weighted by molar-refractivity contribution is 7.89. The topological polar surface area (TPSA) is 71.4 Å². The molecule has 0 radical (unpaired) electrons. The van der Waals surface area contributed by atoms with Gasteiger partial charge in [0, 0.05) is 7.05 Å². The summed E-state index contributed by atoms with van der Waals surface area (Å²) in [5, 5.41) is 0. The van der Waals surface area contributed by atoms with E-state index in [0.717, 1.165) is 23.0 Å². The van der Waals surface area contributed by atoms with Crippen LogP contribution in [0.3, 0.4) is 0 Å². The van der Waals surface area contributed by atoms with Crippen LogP contribution in [-0.2, 0) is 14.8 Å². The fourth-order valence-electron chi connectivity index (χ4n) is 2.67. The number of hydrogen-bond donors (Lipinski definition) is 1. The summed E-state index contributed by atoms with van der Waals surface area (Å²) in [7, 11) is 1.15. The molecule has 8 heteroatoms. The number of carbonyl (C=O) groups excluding carboxylic acids is 1. The van der Waals surface area contributed by atoms with Gasteiger partial charge < -0.3 is 14.5 Å². The van der Waals surface area contributed by atoms with Crippen LogP contribution < -0.4 is 9.64 Å². The maximum Gasteiger partial charge on any atom is 0.246 e. The summed E-state index contributed by atoms with van der Waals surface area (Å²) in [5.74, 6) is 0.114. The molecule has 1 aliphatic heterocycles. The van der Waals surface area contributed by atoms with Crippen LogP contribution in [0.4, 0.5) is 0 Å². The number of hydrogen-bond acceptors (Lipinski definition) is 4. The first-order valence-corrected chi connectivity index (χ1v) is 9.39. The summed E-state index contributed by atoms with van der Waals surface area (Å²) in [6.07, 6.45) is 0. The van der Waals surface area contributed by atoms with Gasteiger partial charge in [0.05, 0.1) is 46.9 Å².